The van der Waals surface area contributed by atoms with E-state index in [-0.39, 0.29) is 47.2 Å². The fraction of sp³-hybridized carbons (Fsp3) is 0.278. The van der Waals surface area contributed by atoms with Crippen LogP contribution in [-0.4, -0.2) is 44.5 Å². The number of hydrogen-bond acceptors (Lipinski definition) is 7. The zero-order chi connectivity index (χ0) is 18.6. The number of aliphatic hydroxyl groups is 1. The Bertz CT molecular complexity index is 757. The Labute approximate surface area is 144 Å². The van der Waals surface area contributed by atoms with Gasteiger partial charge >= 0.3 is 0 Å². The van der Waals surface area contributed by atoms with Crippen LogP contribution in [0.4, 0.5) is 0 Å². The molecule has 0 aliphatic carbocycles. The van der Waals surface area contributed by atoms with E-state index < -0.39 is 12.2 Å². The molecule has 2 atom stereocenters. The highest BCUT2D eigenvalue weighted by atomic mass is 16.5. The first-order chi connectivity index (χ1) is 11.8. The molecular weight excluding hydrogens is 328 g/mol. The van der Waals surface area contributed by atoms with Crippen LogP contribution in [0.3, 0.4) is 0 Å². The second-order valence-corrected chi connectivity index (χ2v) is 5.64. The number of carbonyl (C=O) groups excluding carboxylic acids is 1. The van der Waals surface area contributed by atoms with E-state index in [1.807, 2.05) is 0 Å². The molecule has 0 bridgehead atoms. The number of ether oxygens (including phenoxy) is 1. The summed E-state index contributed by atoms with van der Waals surface area (Å²) in [5, 5.41) is 47.9. The molecule has 2 aromatic carbocycles. The molecule has 0 heterocycles. The maximum atomic E-state index is 12.1. The van der Waals surface area contributed by atoms with E-state index in [1.165, 1.54) is 37.4 Å². The number of aromatic hydroxyl groups is 4. The van der Waals surface area contributed by atoms with Gasteiger partial charge in [0.05, 0.1) is 6.10 Å². The molecule has 0 radical (unpaired) electrons. The van der Waals surface area contributed by atoms with Crippen molar-refractivity contribution in [3.63, 3.8) is 0 Å². The number of ketones is 1. The zero-order valence-corrected chi connectivity index (χ0v) is 13.6. The lowest BCUT2D eigenvalue weighted by Gasteiger charge is -2.22. The van der Waals surface area contributed by atoms with Crippen LogP contribution >= 0.6 is 0 Å². The molecular formula is C18H20O7. The van der Waals surface area contributed by atoms with Gasteiger partial charge in [-0.1, -0.05) is 6.07 Å². The molecule has 5 N–H and O–H groups in total. The van der Waals surface area contributed by atoms with Crippen LogP contribution in [0.2, 0.25) is 0 Å². The fourth-order valence-electron chi connectivity index (χ4n) is 2.50. The average molecular weight is 348 g/mol. The summed E-state index contributed by atoms with van der Waals surface area (Å²) in [6, 6.07) is 7.84. The van der Waals surface area contributed by atoms with Crippen molar-refractivity contribution in [2.24, 2.45) is 0 Å². The third-order valence-electron chi connectivity index (χ3n) is 3.90. The predicted molar refractivity (Wildman–Crippen MR) is 88.9 cm³/mol. The van der Waals surface area contributed by atoms with Crippen LogP contribution < -0.4 is 0 Å². The highest BCUT2D eigenvalue weighted by Crippen LogP contribution is 2.32. The monoisotopic (exact) mass is 348 g/mol. The molecule has 0 aliphatic heterocycles. The van der Waals surface area contributed by atoms with Gasteiger partial charge in [-0.15, -0.1) is 0 Å². The van der Waals surface area contributed by atoms with Gasteiger partial charge in [0, 0.05) is 19.1 Å². The molecule has 134 valence electrons. The summed E-state index contributed by atoms with van der Waals surface area (Å²) in [5.74, 6) is -1.63. The van der Waals surface area contributed by atoms with Crippen molar-refractivity contribution >= 4 is 5.78 Å². The average Bonchev–Trinajstić information content (AvgIpc) is 2.59. The van der Waals surface area contributed by atoms with Gasteiger partial charge in [-0.05, 0) is 42.3 Å². The van der Waals surface area contributed by atoms with Crippen LogP contribution in [0.1, 0.15) is 34.9 Å². The van der Waals surface area contributed by atoms with Crippen molar-refractivity contribution in [2.75, 3.05) is 7.11 Å². The Morgan fingerprint density at radius 2 is 1.56 bits per heavy atom. The number of phenols is 4. The van der Waals surface area contributed by atoms with Crippen LogP contribution in [0, 0.1) is 0 Å². The first kappa shape index (κ1) is 18.6. The van der Waals surface area contributed by atoms with Crippen molar-refractivity contribution < 1.29 is 35.1 Å². The lowest BCUT2D eigenvalue weighted by molar-refractivity contribution is -0.0175. The van der Waals surface area contributed by atoms with Crippen molar-refractivity contribution in [3.05, 3.63) is 47.5 Å². The summed E-state index contributed by atoms with van der Waals surface area (Å²) in [7, 11) is 1.39. The van der Waals surface area contributed by atoms with Crippen molar-refractivity contribution in [3.8, 4) is 23.0 Å². The van der Waals surface area contributed by atoms with Gasteiger partial charge in [0.2, 0.25) is 0 Å². The number of Topliss-reactive ketones (excluding diaryl/α,β-unsaturated/α-hetero) is 1. The highest BCUT2D eigenvalue weighted by Gasteiger charge is 2.23. The number of benzene rings is 2. The number of hydrogen-bond donors (Lipinski definition) is 5. The van der Waals surface area contributed by atoms with Gasteiger partial charge in [-0.2, -0.15) is 0 Å². The first-order valence-electron chi connectivity index (χ1n) is 7.61. The number of carbonyl (C=O) groups is 1. The second kappa shape index (κ2) is 7.87. The summed E-state index contributed by atoms with van der Waals surface area (Å²) >= 11 is 0. The Hall–Kier alpha value is -2.77. The maximum Gasteiger partial charge on any atom is 0.163 e. The molecule has 2 aromatic rings. The van der Waals surface area contributed by atoms with E-state index in [4.69, 9.17) is 4.74 Å². The number of rotatable bonds is 7. The van der Waals surface area contributed by atoms with Crippen LogP contribution in [-0.2, 0) is 4.74 Å². The fourth-order valence-corrected chi connectivity index (χ4v) is 2.50. The third kappa shape index (κ3) is 4.40. The molecule has 0 aliphatic rings. The Morgan fingerprint density at radius 3 is 2.12 bits per heavy atom. The molecule has 0 fully saturated rings. The van der Waals surface area contributed by atoms with Gasteiger partial charge in [-0.25, -0.2) is 0 Å². The van der Waals surface area contributed by atoms with E-state index >= 15 is 0 Å². The maximum absolute atomic E-state index is 12.1. The molecule has 0 spiro atoms. The second-order valence-electron chi connectivity index (χ2n) is 5.64. The van der Waals surface area contributed by atoms with Crippen LogP contribution in [0.15, 0.2) is 36.4 Å². The molecule has 0 aromatic heterocycles. The van der Waals surface area contributed by atoms with Crippen molar-refractivity contribution in [1.29, 1.82) is 0 Å². The Kier molecular flexibility index (Phi) is 5.84. The zero-order valence-electron chi connectivity index (χ0n) is 13.6. The smallest absolute Gasteiger partial charge is 0.163 e. The van der Waals surface area contributed by atoms with Crippen LogP contribution in [0.5, 0.6) is 23.0 Å². The minimum atomic E-state index is -1.02. The standard InChI is InChI=1S/C18H20O7/c1-25-18(11-3-5-14(21)17(24)9-11)15(22)7-6-12(19)10-2-4-13(20)16(23)8-10/h2-5,8-9,15,18,20-24H,6-7H2,1H3/t15-,18-/m1/s1. The lowest BCUT2D eigenvalue weighted by atomic mass is 9.97. The number of phenolic OH excluding ortho intramolecular Hbond substituents is 4. The topological polar surface area (TPSA) is 127 Å². The van der Waals surface area contributed by atoms with E-state index in [1.54, 1.807) is 0 Å². The minimum absolute atomic E-state index is 0.00466. The van der Waals surface area contributed by atoms with E-state index in [2.05, 4.69) is 0 Å². The largest absolute Gasteiger partial charge is 0.504 e. The van der Waals surface area contributed by atoms with Crippen molar-refractivity contribution in [2.45, 2.75) is 25.0 Å². The molecule has 2 rings (SSSR count). The summed E-state index contributed by atoms with van der Waals surface area (Å²) in [5.41, 5.74) is 0.679. The highest BCUT2D eigenvalue weighted by molar-refractivity contribution is 5.96. The summed E-state index contributed by atoms with van der Waals surface area (Å²) in [6.45, 7) is 0. The SMILES string of the molecule is CO[C@H](c1ccc(O)c(O)c1)[C@H](O)CCC(=O)c1ccc(O)c(O)c1. The quantitative estimate of drug-likeness (QED) is 0.383. The Morgan fingerprint density at radius 1 is 0.960 bits per heavy atom. The van der Waals surface area contributed by atoms with Crippen LogP contribution in [0.25, 0.3) is 0 Å². The molecule has 0 unspecified atom stereocenters. The molecule has 25 heavy (non-hydrogen) atoms. The van der Waals surface area contributed by atoms with Gasteiger partial charge in [-0.3, -0.25) is 4.79 Å². The first-order valence-corrected chi connectivity index (χ1v) is 7.61. The van der Waals surface area contributed by atoms with Crippen molar-refractivity contribution in [1.82, 2.24) is 0 Å². The van der Waals surface area contributed by atoms with Gasteiger partial charge < -0.3 is 30.3 Å². The predicted octanol–water partition coefficient (Wildman–Crippen LogP) is 2.22. The van der Waals surface area contributed by atoms with E-state index in [9.17, 15) is 30.3 Å². The van der Waals surface area contributed by atoms with Gasteiger partial charge in [0.15, 0.2) is 28.8 Å². The minimum Gasteiger partial charge on any atom is -0.504 e. The summed E-state index contributed by atoms with van der Waals surface area (Å²) in [4.78, 5) is 12.1. The molecule has 7 heteroatoms. The third-order valence-corrected chi connectivity index (χ3v) is 3.90. The molecule has 0 saturated heterocycles. The lowest BCUT2D eigenvalue weighted by Crippen LogP contribution is -2.21. The number of aliphatic hydroxyl groups excluding tert-OH is 1. The molecule has 0 saturated carbocycles. The Balaban J connectivity index is 2.03. The normalized spacial score (nSPS) is 13.4. The van der Waals surface area contributed by atoms with E-state index in [0.29, 0.717) is 5.56 Å². The molecule has 7 nitrogen and oxygen atoms in total. The summed E-state index contributed by atoms with van der Waals surface area (Å²) < 4.78 is 5.24. The summed E-state index contributed by atoms with van der Waals surface area (Å²) in [6.07, 6.45) is -1.73. The molecule has 0 amide bonds. The number of methoxy groups -OCH3 is 1. The van der Waals surface area contributed by atoms with Gasteiger partial charge in [0.1, 0.15) is 6.10 Å². The van der Waals surface area contributed by atoms with Gasteiger partial charge in [0.25, 0.3) is 0 Å². The van der Waals surface area contributed by atoms with E-state index in [0.717, 1.165) is 6.07 Å².